The highest BCUT2D eigenvalue weighted by molar-refractivity contribution is 5.84. The number of aromatic nitrogens is 2. The van der Waals surface area contributed by atoms with Gasteiger partial charge in [0.05, 0.1) is 12.2 Å². The van der Waals surface area contributed by atoms with E-state index in [1.165, 1.54) is 12.8 Å². The number of hydrogen-bond acceptors (Lipinski definition) is 7. The predicted octanol–water partition coefficient (Wildman–Crippen LogP) is 8.54. The molecule has 0 N–H and O–H groups in total. The van der Waals surface area contributed by atoms with Crippen LogP contribution in [0.3, 0.4) is 0 Å². The summed E-state index contributed by atoms with van der Waals surface area (Å²) in [5.74, 6) is 2.14. The third kappa shape index (κ3) is 5.99. The number of nitrogens with zero attached hydrogens (tertiary/aromatic N) is 4. The molecule has 3 aromatic carbocycles. The molecular weight excluding hydrogens is 574 g/mol. The van der Waals surface area contributed by atoms with Crippen molar-refractivity contribution in [3.8, 4) is 39.8 Å². The van der Waals surface area contributed by atoms with Crippen LogP contribution in [0.25, 0.3) is 45.1 Å². The second kappa shape index (κ2) is 12.4. The summed E-state index contributed by atoms with van der Waals surface area (Å²) in [6.45, 7) is 8.67. The molecule has 0 aliphatic carbocycles. The van der Waals surface area contributed by atoms with Gasteiger partial charge in [-0.25, -0.2) is 9.97 Å². The number of benzene rings is 3. The number of rotatable bonds is 9. The zero-order valence-corrected chi connectivity index (χ0v) is 26.0. The Labute approximate surface area is 261 Å². The monoisotopic (exact) mass is 612 g/mol. The molecule has 0 amide bonds. The van der Waals surface area contributed by atoms with Crippen molar-refractivity contribution in [3.05, 3.63) is 76.7 Å². The van der Waals surface area contributed by atoms with Crippen LogP contribution in [0.2, 0.25) is 0 Å². The van der Waals surface area contributed by atoms with Gasteiger partial charge in [-0.05, 0) is 113 Å². The van der Waals surface area contributed by atoms with Gasteiger partial charge in [0.15, 0.2) is 5.58 Å². The quantitative estimate of drug-likeness (QED) is 0.165. The van der Waals surface area contributed by atoms with Crippen molar-refractivity contribution >= 4 is 11.1 Å². The lowest BCUT2D eigenvalue weighted by Crippen LogP contribution is -2.19. The van der Waals surface area contributed by atoms with Crippen LogP contribution < -0.4 is 4.74 Å². The number of halogens is 2. The number of aryl methyl sites for hydroxylation is 1. The maximum absolute atomic E-state index is 13.3. The SMILES string of the molecule is Cc1nc(-c2cccc(-c3cccc(-c4nc5cc(CN6CCCC6)c(OC(F)F)cc5o4)c3C)c2C)oc1CN1CCCC1. The van der Waals surface area contributed by atoms with Crippen LogP contribution >= 0.6 is 0 Å². The number of oxazole rings is 2. The van der Waals surface area contributed by atoms with Crippen LogP contribution in [-0.4, -0.2) is 52.6 Å². The van der Waals surface area contributed by atoms with E-state index in [1.807, 2.05) is 31.2 Å². The molecule has 9 heteroatoms. The largest absolute Gasteiger partial charge is 0.440 e. The molecule has 0 unspecified atom stereocenters. The molecule has 4 heterocycles. The fraction of sp³-hybridized carbons (Fsp3) is 0.389. The van der Waals surface area contributed by atoms with Crippen LogP contribution in [0, 0.1) is 20.8 Å². The van der Waals surface area contributed by atoms with Crippen molar-refractivity contribution in [2.24, 2.45) is 0 Å². The molecule has 0 saturated carbocycles. The first kappa shape index (κ1) is 29.6. The lowest BCUT2D eigenvalue weighted by molar-refractivity contribution is -0.0506. The third-order valence-electron chi connectivity index (χ3n) is 9.26. The van der Waals surface area contributed by atoms with Crippen molar-refractivity contribution in [1.29, 1.82) is 0 Å². The van der Waals surface area contributed by atoms with E-state index in [2.05, 4.69) is 41.8 Å². The smallest absolute Gasteiger partial charge is 0.387 e. The van der Waals surface area contributed by atoms with Crippen molar-refractivity contribution in [1.82, 2.24) is 19.8 Å². The average Bonchev–Trinajstić information content (AvgIpc) is 3.83. The van der Waals surface area contributed by atoms with Gasteiger partial charge < -0.3 is 13.6 Å². The van der Waals surface area contributed by atoms with Crippen LogP contribution in [0.1, 0.15) is 53.8 Å². The number of hydrogen-bond donors (Lipinski definition) is 0. The highest BCUT2D eigenvalue weighted by Gasteiger charge is 2.23. The molecule has 45 heavy (non-hydrogen) atoms. The molecule has 2 aromatic heterocycles. The summed E-state index contributed by atoms with van der Waals surface area (Å²) in [5, 5.41) is 0. The molecule has 7 nitrogen and oxygen atoms in total. The zero-order valence-electron chi connectivity index (χ0n) is 26.0. The summed E-state index contributed by atoms with van der Waals surface area (Å²) in [4.78, 5) is 14.3. The Morgan fingerprint density at radius 2 is 1.29 bits per heavy atom. The van der Waals surface area contributed by atoms with Gasteiger partial charge in [-0.3, -0.25) is 9.80 Å². The van der Waals surface area contributed by atoms with E-state index in [0.29, 0.717) is 35.0 Å². The standard InChI is InChI=1S/C36H38F2N4O3/c1-22-26(10-8-12-28(22)34-39-24(3)33(44-34)21-42-16-6-7-17-42)27-11-9-13-29(23(27)2)35-40-30-18-25(20-41-14-4-5-15-41)31(45-36(37)38)19-32(30)43-35/h8-13,18-19,36H,4-7,14-17,20-21H2,1-3H3. The van der Waals surface area contributed by atoms with Gasteiger partial charge in [0.1, 0.15) is 17.0 Å². The van der Waals surface area contributed by atoms with Crippen molar-refractivity contribution in [3.63, 3.8) is 0 Å². The first-order valence-electron chi connectivity index (χ1n) is 15.8. The van der Waals surface area contributed by atoms with Gasteiger partial charge in [-0.15, -0.1) is 0 Å². The third-order valence-corrected chi connectivity index (χ3v) is 9.26. The normalized spacial score (nSPS) is 16.0. The zero-order chi connectivity index (χ0) is 31.1. The summed E-state index contributed by atoms with van der Waals surface area (Å²) in [7, 11) is 0. The second-order valence-corrected chi connectivity index (χ2v) is 12.3. The average molecular weight is 613 g/mol. The minimum atomic E-state index is -2.92. The molecule has 2 aliphatic rings. The molecule has 5 aromatic rings. The van der Waals surface area contributed by atoms with Crippen LogP contribution in [0.15, 0.2) is 57.4 Å². The number of fused-ring (bicyclic) bond motifs is 1. The van der Waals surface area contributed by atoms with Gasteiger partial charge >= 0.3 is 6.61 Å². The molecule has 7 rings (SSSR count). The molecule has 0 atom stereocenters. The van der Waals surface area contributed by atoms with E-state index in [4.69, 9.17) is 23.5 Å². The second-order valence-electron chi connectivity index (χ2n) is 12.3. The van der Waals surface area contributed by atoms with Crippen molar-refractivity contribution in [2.75, 3.05) is 26.2 Å². The Morgan fingerprint density at radius 1 is 0.733 bits per heavy atom. The van der Waals surface area contributed by atoms with Crippen LogP contribution in [0.4, 0.5) is 8.78 Å². The minimum Gasteiger partial charge on any atom is -0.440 e. The van der Waals surface area contributed by atoms with Crippen molar-refractivity contribution < 1.29 is 22.4 Å². The van der Waals surface area contributed by atoms with Crippen LogP contribution in [-0.2, 0) is 13.1 Å². The molecule has 0 bridgehead atoms. The number of ether oxygens (including phenoxy) is 1. The van der Waals surface area contributed by atoms with E-state index in [0.717, 1.165) is 90.4 Å². The molecule has 234 valence electrons. The lowest BCUT2D eigenvalue weighted by atomic mass is 9.91. The topological polar surface area (TPSA) is 67.8 Å². The Bertz CT molecular complexity index is 1830. The van der Waals surface area contributed by atoms with Gasteiger partial charge in [0, 0.05) is 29.3 Å². The summed E-state index contributed by atoms with van der Waals surface area (Å²) < 4.78 is 44.1. The highest BCUT2D eigenvalue weighted by Crippen LogP contribution is 2.38. The Kier molecular flexibility index (Phi) is 8.14. The maximum atomic E-state index is 13.3. The van der Waals surface area contributed by atoms with E-state index in [-0.39, 0.29) is 5.75 Å². The molecule has 2 saturated heterocycles. The summed E-state index contributed by atoms with van der Waals surface area (Å²) in [6.07, 6.45) is 4.68. The molecule has 0 spiro atoms. The molecule has 2 fully saturated rings. The van der Waals surface area contributed by atoms with E-state index >= 15 is 0 Å². The Balaban J connectivity index is 1.22. The Hall–Kier alpha value is -4.08. The molecule has 2 aliphatic heterocycles. The number of likely N-dealkylation sites (tertiary alicyclic amines) is 2. The van der Waals surface area contributed by atoms with Crippen LogP contribution in [0.5, 0.6) is 5.75 Å². The van der Waals surface area contributed by atoms with E-state index in [1.54, 1.807) is 6.07 Å². The first-order valence-corrected chi connectivity index (χ1v) is 15.8. The first-order chi connectivity index (χ1) is 21.8. The maximum Gasteiger partial charge on any atom is 0.387 e. The number of alkyl halides is 2. The minimum absolute atomic E-state index is 0.135. The fourth-order valence-corrected chi connectivity index (χ4v) is 6.78. The van der Waals surface area contributed by atoms with E-state index in [9.17, 15) is 8.78 Å². The molecular formula is C36H38F2N4O3. The highest BCUT2D eigenvalue weighted by atomic mass is 19.3. The fourth-order valence-electron chi connectivity index (χ4n) is 6.78. The lowest BCUT2D eigenvalue weighted by Gasteiger charge is -2.17. The summed E-state index contributed by atoms with van der Waals surface area (Å²) >= 11 is 0. The van der Waals surface area contributed by atoms with Gasteiger partial charge in [0.25, 0.3) is 0 Å². The van der Waals surface area contributed by atoms with Gasteiger partial charge in [-0.1, -0.05) is 24.3 Å². The predicted molar refractivity (Wildman–Crippen MR) is 170 cm³/mol. The summed E-state index contributed by atoms with van der Waals surface area (Å²) in [6, 6.07) is 15.6. The Morgan fingerprint density at radius 3 is 1.89 bits per heavy atom. The van der Waals surface area contributed by atoms with Gasteiger partial charge in [0.2, 0.25) is 11.8 Å². The van der Waals surface area contributed by atoms with Gasteiger partial charge in [-0.2, -0.15) is 8.78 Å². The molecule has 0 radical (unpaired) electrons. The summed E-state index contributed by atoms with van der Waals surface area (Å²) in [5.41, 5.74) is 8.65. The van der Waals surface area contributed by atoms with E-state index < -0.39 is 6.61 Å². The van der Waals surface area contributed by atoms with Crippen molar-refractivity contribution in [2.45, 2.75) is 66.2 Å².